The number of ether oxygens (including phenoxy) is 3. The Morgan fingerprint density at radius 2 is 2.09 bits per heavy atom. The molecule has 3 aromatic rings. The molecule has 1 atom stereocenters. The molecule has 0 aliphatic carbocycles. The Balaban J connectivity index is 1.94. The van der Waals surface area contributed by atoms with E-state index in [0.717, 1.165) is 4.88 Å². The molecule has 1 aromatic carbocycles. The molecule has 1 aliphatic rings. The predicted octanol–water partition coefficient (Wildman–Crippen LogP) is 3.04. The van der Waals surface area contributed by atoms with Gasteiger partial charge in [-0.1, -0.05) is 36.1 Å². The summed E-state index contributed by atoms with van der Waals surface area (Å²) in [7, 11) is 2.85. The maximum atomic E-state index is 13.5. The molecule has 0 amide bonds. The number of benzene rings is 1. The number of hydrogen-bond acceptors (Lipinski definition) is 8. The minimum absolute atomic E-state index is 0.225. The zero-order valence-electron chi connectivity index (χ0n) is 18.4. The van der Waals surface area contributed by atoms with Crippen molar-refractivity contribution in [3.05, 3.63) is 89.8 Å². The first kappa shape index (κ1) is 22.8. The van der Waals surface area contributed by atoms with Crippen molar-refractivity contribution in [1.82, 2.24) is 4.57 Å². The maximum absolute atomic E-state index is 13.5. The average Bonchev–Trinajstić information content (AvgIpc) is 3.44. The van der Waals surface area contributed by atoms with Gasteiger partial charge in [-0.2, -0.15) is 0 Å². The van der Waals surface area contributed by atoms with Crippen LogP contribution in [0.25, 0.3) is 6.08 Å². The summed E-state index contributed by atoms with van der Waals surface area (Å²) in [5.74, 6) is 0.472. The summed E-state index contributed by atoms with van der Waals surface area (Å²) >= 11 is 2.83. The van der Waals surface area contributed by atoms with Crippen molar-refractivity contribution >= 4 is 34.7 Å². The topological polar surface area (TPSA) is 79.1 Å². The summed E-state index contributed by atoms with van der Waals surface area (Å²) in [5.41, 5.74) is 1.25. The molecule has 33 heavy (non-hydrogen) atoms. The predicted molar refractivity (Wildman–Crippen MR) is 129 cm³/mol. The molecule has 0 fully saturated rings. The summed E-state index contributed by atoms with van der Waals surface area (Å²) in [5, 5.41) is 1.95. The lowest BCUT2D eigenvalue weighted by molar-refractivity contribution is -0.136. The summed E-state index contributed by atoms with van der Waals surface area (Å²) in [6.45, 7) is 5.72. The van der Waals surface area contributed by atoms with Gasteiger partial charge < -0.3 is 14.2 Å². The first-order valence-corrected chi connectivity index (χ1v) is 11.7. The fourth-order valence-corrected chi connectivity index (χ4v) is 5.40. The molecule has 1 unspecified atom stereocenters. The molecule has 0 N–H and O–H groups in total. The van der Waals surface area contributed by atoms with Crippen LogP contribution in [0.4, 0.5) is 0 Å². The van der Waals surface area contributed by atoms with E-state index in [1.54, 1.807) is 41.0 Å². The number of methoxy groups -OCH3 is 2. The SMILES string of the molecule is C=CCOc1ccc(C2C(C(=O)OC)=C(C)N=c3sc(=Cc4cccs4)c(=O)n32)cc1OC. The van der Waals surface area contributed by atoms with Crippen LogP contribution in [0.2, 0.25) is 0 Å². The van der Waals surface area contributed by atoms with Gasteiger partial charge in [0.05, 0.1) is 36.1 Å². The Hall–Kier alpha value is -3.43. The van der Waals surface area contributed by atoms with E-state index >= 15 is 0 Å². The maximum Gasteiger partial charge on any atom is 0.338 e. The van der Waals surface area contributed by atoms with Gasteiger partial charge in [0.1, 0.15) is 6.61 Å². The second-order valence-corrected chi connectivity index (χ2v) is 9.09. The third-order valence-electron chi connectivity index (χ3n) is 5.10. The standard InChI is InChI=1S/C24H22N2O5S2/c1-5-10-31-17-9-8-15(12-18(17)29-3)21-20(23(28)30-4)14(2)25-24-26(21)22(27)19(33-24)13-16-7-6-11-32-16/h5-9,11-13,21H,1,10H2,2-4H3. The van der Waals surface area contributed by atoms with Gasteiger partial charge in [-0.15, -0.1) is 11.3 Å². The third-order valence-corrected chi connectivity index (χ3v) is 6.91. The molecule has 2 aromatic heterocycles. The molecule has 7 nitrogen and oxygen atoms in total. The minimum Gasteiger partial charge on any atom is -0.493 e. The van der Waals surface area contributed by atoms with E-state index in [4.69, 9.17) is 14.2 Å². The molecule has 0 saturated carbocycles. The quantitative estimate of drug-likeness (QED) is 0.382. The number of nitrogens with zero attached hydrogens (tertiary/aromatic N) is 2. The number of allylic oxidation sites excluding steroid dienone is 1. The lowest BCUT2D eigenvalue weighted by Crippen LogP contribution is -2.39. The van der Waals surface area contributed by atoms with Crippen LogP contribution in [-0.4, -0.2) is 31.4 Å². The summed E-state index contributed by atoms with van der Waals surface area (Å²) in [6, 6.07) is 8.48. The zero-order chi connectivity index (χ0) is 23.5. The molecule has 1 aliphatic heterocycles. The van der Waals surface area contributed by atoms with Crippen molar-refractivity contribution in [3.63, 3.8) is 0 Å². The Morgan fingerprint density at radius 3 is 2.76 bits per heavy atom. The molecule has 170 valence electrons. The van der Waals surface area contributed by atoms with Crippen molar-refractivity contribution in [2.45, 2.75) is 13.0 Å². The molecule has 0 spiro atoms. The number of carbonyl (C=O) groups excluding carboxylic acids is 1. The van der Waals surface area contributed by atoms with Crippen LogP contribution < -0.4 is 24.4 Å². The van der Waals surface area contributed by atoms with E-state index in [9.17, 15) is 9.59 Å². The number of fused-ring (bicyclic) bond motifs is 1. The number of thiazole rings is 1. The number of hydrogen-bond donors (Lipinski definition) is 0. The highest BCUT2D eigenvalue weighted by atomic mass is 32.1. The van der Waals surface area contributed by atoms with E-state index in [1.807, 2.05) is 29.7 Å². The van der Waals surface area contributed by atoms with Gasteiger partial charge in [0.25, 0.3) is 5.56 Å². The van der Waals surface area contributed by atoms with E-state index < -0.39 is 12.0 Å². The fourth-order valence-electron chi connectivity index (χ4n) is 3.63. The van der Waals surface area contributed by atoms with Crippen LogP contribution in [0.15, 0.2) is 69.4 Å². The number of carbonyl (C=O) groups is 1. The van der Waals surface area contributed by atoms with Gasteiger partial charge >= 0.3 is 5.97 Å². The molecule has 0 saturated heterocycles. The van der Waals surface area contributed by atoms with Gasteiger partial charge in [0.2, 0.25) is 0 Å². The molecule has 0 bridgehead atoms. The highest BCUT2D eigenvalue weighted by molar-refractivity contribution is 7.11. The van der Waals surface area contributed by atoms with Crippen LogP contribution in [0.3, 0.4) is 0 Å². The van der Waals surface area contributed by atoms with Crippen LogP contribution in [-0.2, 0) is 9.53 Å². The van der Waals surface area contributed by atoms with Gasteiger partial charge in [-0.3, -0.25) is 9.36 Å². The number of aromatic nitrogens is 1. The van der Waals surface area contributed by atoms with Crippen LogP contribution in [0.1, 0.15) is 23.4 Å². The summed E-state index contributed by atoms with van der Waals surface area (Å²) in [6.07, 6.45) is 3.48. The fraction of sp³-hybridized carbons (Fsp3) is 0.208. The van der Waals surface area contributed by atoms with Crippen molar-refractivity contribution in [1.29, 1.82) is 0 Å². The third kappa shape index (κ3) is 4.29. The molecule has 0 radical (unpaired) electrons. The molecular weight excluding hydrogens is 460 g/mol. The lowest BCUT2D eigenvalue weighted by Gasteiger charge is -2.25. The number of thiophene rings is 1. The Morgan fingerprint density at radius 1 is 1.27 bits per heavy atom. The zero-order valence-corrected chi connectivity index (χ0v) is 20.0. The second-order valence-electron chi connectivity index (χ2n) is 7.10. The van der Waals surface area contributed by atoms with Gasteiger partial charge in [-0.05, 0) is 42.1 Å². The molecule has 3 heterocycles. The monoisotopic (exact) mass is 482 g/mol. The number of rotatable bonds is 7. The van der Waals surface area contributed by atoms with E-state index in [2.05, 4.69) is 11.6 Å². The Bertz CT molecular complexity index is 1410. The first-order chi connectivity index (χ1) is 16.0. The minimum atomic E-state index is -0.721. The lowest BCUT2D eigenvalue weighted by atomic mass is 9.95. The highest BCUT2D eigenvalue weighted by Gasteiger charge is 2.33. The molecular formula is C24H22N2O5S2. The van der Waals surface area contributed by atoms with Gasteiger partial charge in [0.15, 0.2) is 16.3 Å². The normalized spacial score (nSPS) is 15.6. The van der Waals surface area contributed by atoms with E-state index in [0.29, 0.717) is 44.3 Å². The van der Waals surface area contributed by atoms with Crippen molar-refractivity contribution in [3.8, 4) is 11.5 Å². The largest absolute Gasteiger partial charge is 0.493 e. The smallest absolute Gasteiger partial charge is 0.338 e. The van der Waals surface area contributed by atoms with Gasteiger partial charge in [0, 0.05) is 4.88 Å². The van der Waals surface area contributed by atoms with Crippen molar-refractivity contribution in [2.24, 2.45) is 4.99 Å². The van der Waals surface area contributed by atoms with Crippen molar-refractivity contribution in [2.75, 3.05) is 20.8 Å². The van der Waals surface area contributed by atoms with E-state index in [-0.39, 0.29) is 5.56 Å². The van der Waals surface area contributed by atoms with Crippen molar-refractivity contribution < 1.29 is 19.0 Å². The second kappa shape index (κ2) is 9.60. The van der Waals surface area contributed by atoms with E-state index in [1.165, 1.54) is 25.6 Å². The molecule has 9 heteroatoms. The highest BCUT2D eigenvalue weighted by Crippen LogP contribution is 2.36. The summed E-state index contributed by atoms with van der Waals surface area (Å²) < 4.78 is 18.3. The Kier molecular flexibility index (Phi) is 6.62. The Labute approximate surface area is 198 Å². The van der Waals surface area contributed by atoms with Crippen LogP contribution >= 0.6 is 22.7 Å². The summed E-state index contributed by atoms with van der Waals surface area (Å²) in [4.78, 5) is 32.3. The van der Waals surface area contributed by atoms with Crippen LogP contribution in [0, 0.1) is 0 Å². The number of esters is 1. The first-order valence-electron chi connectivity index (χ1n) is 10.0. The molecule has 4 rings (SSSR count). The average molecular weight is 483 g/mol. The van der Waals surface area contributed by atoms with Gasteiger partial charge in [-0.25, -0.2) is 9.79 Å². The van der Waals surface area contributed by atoms with Crippen LogP contribution in [0.5, 0.6) is 11.5 Å².